The van der Waals surface area contributed by atoms with Crippen LogP contribution in [-0.2, 0) is 4.79 Å². The van der Waals surface area contributed by atoms with Crippen LogP contribution in [0.15, 0.2) is 29.2 Å². The molecule has 4 nitrogen and oxygen atoms in total. The van der Waals surface area contributed by atoms with Gasteiger partial charge < -0.3 is 10.2 Å². The van der Waals surface area contributed by atoms with Crippen molar-refractivity contribution in [2.24, 2.45) is 0 Å². The second-order valence-electron chi connectivity index (χ2n) is 4.83. The average molecular weight is 279 g/mol. The molecule has 1 saturated heterocycles. The number of anilines is 1. The van der Waals surface area contributed by atoms with Gasteiger partial charge in [0, 0.05) is 31.1 Å². The van der Waals surface area contributed by atoms with Crippen molar-refractivity contribution in [2.75, 3.05) is 51.3 Å². The lowest BCUT2D eigenvalue weighted by Crippen LogP contribution is -2.47. The quantitative estimate of drug-likeness (QED) is 0.849. The number of hydrogen-bond acceptors (Lipinski definition) is 4. The van der Waals surface area contributed by atoms with Gasteiger partial charge in [0.2, 0.25) is 5.91 Å². The molecule has 1 aromatic rings. The third-order valence-electron chi connectivity index (χ3n) is 3.34. The summed E-state index contributed by atoms with van der Waals surface area (Å²) in [5, 5.41) is 3.00. The van der Waals surface area contributed by atoms with Crippen molar-refractivity contribution < 1.29 is 4.79 Å². The number of amides is 1. The van der Waals surface area contributed by atoms with E-state index in [4.69, 9.17) is 0 Å². The van der Waals surface area contributed by atoms with Crippen molar-refractivity contribution in [2.45, 2.75) is 4.90 Å². The third-order valence-corrected chi connectivity index (χ3v) is 4.14. The first-order valence-corrected chi connectivity index (χ1v) is 7.75. The fourth-order valence-corrected chi connectivity index (χ4v) is 2.70. The molecule has 1 N–H and O–H groups in total. The Labute approximate surface area is 119 Å². The molecule has 0 aromatic heterocycles. The molecule has 19 heavy (non-hydrogen) atoms. The zero-order chi connectivity index (χ0) is 13.7. The standard InChI is InChI=1S/C14H21N3OS/c1-16-7-9-17(10-8-16)11-14(18)15-12-5-3-4-6-13(12)19-2/h3-6H,7-11H2,1-2H3,(H,15,18). The summed E-state index contributed by atoms with van der Waals surface area (Å²) < 4.78 is 0. The lowest BCUT2D eigenvalue weighted by molar-refractivity contribution is -0.117. The van der Waals surface area contributed by atoms with Crippen LogP contribution in [-0.4, -0.2) is 61.7 Å². The second-order valence-corrected chi connectivity index (χ2v) is 5.68. The second kappa shape index (κ2) is 6.93. The van der Waals surface area contributed by atoms with Gasteiger partial charge >= 0.3 is 0 Å². The fraction of sp³-hybridized carbons (Fsp3) is 0.500. The maximum absolute atomic E-state index is 12.1. The molecule has 1 aromatic carbocycles. The Balaban J connectivity index is 1.87. The van der Waals surface area contributed by atoms with Crippen LogP contribution >= 0.6 is 11.8 Å². The third kappa shape index (κ3) is 4.23. The predicted octanol–water partition coefficient (Wildman–Crippen LogP) is 1.59. The number of likely N-dealkylation sites (N-methyl/N-ethyl adjacent to an activating group) is 1. The van der Waals surface area contributed by atoms with E-state index in [1.807, 2.05) is 30.5 Å². The van der Waals surface area contributed by atoms with E-state index < -0.39 is 0 Å². The van der Waals surface area contributed by atoms with Gasteiger partial charge in [-0.3, -0.25) is 9.69 Å². The van der Waals surface area contributed by atoms with Crippen molar-refractivity contribution in [3.63, 3.8) is 0 Å². The number of rotatable bonds is 4. The van der Waals surface area contributed by atoms with Gasteiger partial charge in [0.05, 0.1) is 12.2 Å². The number of carbonyl (C=O) groups is 1. The highest BCUT2D eigenvalue weighted by atomic mass is 32.2. The highest BCUT2D eigenvalue weighted by Crippen LogP contribution is 2.24. The van der Waals surface area contributed by atoms with E-state index in [0.717, 1.165) is 36.8 Å². The van der Waals surface area contributed by atoms with E-state index in [1.54, 1.807) is 11.8 Å². The summed E-state index contributed by atoms with van der Waals surface area (Å²) in [5.74, 6) is 0.0750. The molecule has 0 atom stereocenters. The van der Waals surface area contributed by atoms with Crippen LogP contribution in [0.25, 0.3) is 0 Å². The van der Waals surface area contributed by atoms with Crippen molar-refractivity contribution in [3.8, 4) is 0 Å². The molecule has 0 unspecified atom stereocenters. The maximum Gasteiger partial charge on any atom is 0.238 e. The number of nitrogens with one attached hydrogen (secondary N) is 1. The molecule has 1 aliphatic rings. The SMILES string of the molecule is CSc1ccccc1NC(=O)CN1CCN(C)CC1. The average Bonchev–Trinajstić information content (AvgIpc) is 2.42. The minimum atomic E-state index is 0.0750. The monoisotopic (exact) mass is 279 g/mol. The Morgan fingerprint density at radius 2 is 1.95 bits per heavy atom. The largest absolute Gasteiger partial charge is 0.324 e. The minimum Gasteiger partial charge on any atom is -0.324 e. The smallest absolute Gasteiger partial charge is 0.238 e. The van der Waals surface area contributed by atoms with Gasteiger partial charge in [0.25, 0.3) is 0 Å². The zero-order valence-electron chi connectivity index (χ0n) is 11.6. The first-order chi connectivity index (χ1) is 9.19. The molecule has 0 bridgehead atoms. The summed E-state index contributed by atoms with van der Waals surface area (Å²) in [6, 6.07) is 7.91. The van der Waals surface area contributed by atoms with Crippen LogP contribution in [0.3, 0.4) is 0 Å². The Morgan fingerprint density at radius 1 is 1.26 bits per heavy atom. The summed E-state index contributed by atoms with van der Waals surface area (Å²) in [7, 11) is 2.12. The number of benzene rings is 1. The molecular formula is C14H21N3OS. The van der Waals surface area contributed by atoms with Crippen LogP contribution in [0.1, 0.15) is 0 Å². The van der Waals surface area contributed by atoms with Gasteiger partial charge in [-0.05, 0) is 25.4 Å². The summed E-state index contributed by atoms with van der Waals surface area (Å²) in [5.41, 5.74) is 0.911. The molecule has 104 valence electrons. The highest BCUT2D eigenvalue weighted by Gasteiger charge is 2.16. The molecule has 1 amide bonds. The number of hydrogen-bond donors (Lipinski definition) is 1. The van der Waals surface area contributed by atoms with Crippen molar-refractivity contribution in [1.29, 1.82) is 0 Å². The molecule has 1 fully saturated rings. The van der Waals surface area contributed by atoms with E-state index in [9.17, 15) is 4.79 Å². The molecule has 5 heteroatoms. The van der Waals surface area contributed by atoms with Crippen molar-refractivity contribution in [3.05, 3.63) is 24.3 Å². The normalized spacial score (nSPS) is 17.4. The molecule has 1 aliphatic heterocycles. The van der Waals surface area contributed by atoms with E-state index >= 15 is 0 Å². The minimum absolute atomic E-state index is 0.0750. The lowest BCUT2D eigenvalue weighted by Gasteiger charge is -2.31. The van der Waals surface area contributed by atoms with Crippen LogP contribution in [0.4, 0.5) is 5.69 Å². The van der Waals surface area contributed by atoms with E-state index in [-0.39, 0.29) is 5.91 Å². The Kier molecular flexibility index (Phi) is 5.24. The van der Waals surface area contributed by atoms with Gasteiger partial charge in [0.15, 0.2) is 0 Å². The van der Waals surface area contributed by atoms with Gasteiger partial charge in [-0.2, -0.15) is 0 Å². The molecule has 2 rings (SSSR count). The summed E-state index contributed by atoms with van der Waals surface area (Å²) >= 11 is 1.65. The van der Waals surface area contributed by atoms with Gasteiger partial charge in [-0.1, -0.05) is 12.1 Å². The molecular weight excluding hydrogens is 258 g/mol. The topological polar surface area (TPSA) is 35.6 Å². The number of nitrogens with zero attached hydrogens (tertiary/aromatic N) is 2. The lowest BCUT2D eigenvalue weighted by atomic mass is 10.3. The Hall–Kier alpha value is -1.04. The van der Waals surface area contributed by atoms with Crippen LogP contribution in [0.2, 0.25) is 0 Å². The zero-order valence-corrected chi connectivity index (χ0v) is 12.4. The Bertz CT molecular complexity index is 430. The Morgan fingerprint density at radius 3 is 2.63 bits per heavy atom. The highest BCUT2D eigenvalue weighted by molar-refractivity contribution is 7.98. The van der Waals surface area contributed by atoms with Crippen LogP contribution in [0, 0.1) is 0 Å². The first kappa shape index (κ1) is 14.4. The molecule has 1 heterocycles. The summed E-state index contributed by atoms with van der Waals surface area (Å²) in [6.07, 6.45) is 2.02. The fourth-order valence-electron chi connectivity index (χ4n) is 2.15. The maximum atomic E-state index is 12.1. The van der Waals surface area contributed by atoms with E-state index in [0.29, 0.717) is 6.54 Å². The van der Waals surface area contributed by atoms with Gasteiger partial charge in [-0.15, -0.1) is 11.8 Å². The van der Waals surface area contributed by atoms with Crippen molar-refractivity contribution >= 4 is 23.4 Å². The molecule has 0 aliphatic carbocycles. The summed E-state index contributed by atoms with van der Waals surface area (Å²) in [4.78, 5) is 17.7. The predicted molar refractivity (Wildman–Crippen MR) is 80.8 cm³/mol. The first-order valence-electron chi connectivity index (χ1n) is 6.53. The van der Waals surface area contributed by atoms with Crippen LogP contribution < -0.4 is 5.32 Å². The summed E-state index contributed by atoms with van der Waals surface area (Å²) in [6.45, 7) is 4.49. The number of para-hydroxylation sites is 1. The van der Waals surface area contributed by atoms with Gasteiger partial charge in [-0.25, -0.2) is 0 Å². The van der Waals surface area contributed by atoms with Gasteiger partial charge in [0.1, 0.15) is 0 Å². The van der Waals surface area contributed by atoms with Crippen molar-refractivity contribution in [1.82, 2.24) is 9.80 Å². The molecule has 0 spiro atoms. The van der Waals surface area contributed by atoms with Crippen LogP contribution in [0.5, 0.6) is 0 Å². The van der Waals surface area contributed by atoms with E-state index in [2.05, 4.69) is 22.2 Å². The number of piperazine rings is 1. The van der Waals surface area contributed by atoms with E-state index in [1.165, 1.54) is 0 Å². The molecule has 0 saturated carbocycles. The number of thioether (sulfide) groups is 1. The molecule has 0 radical (unpaired) electrons. The number of carbonyl (C=O) groups excluding carboxylic acids is 1.